The van der Waals surface area contributed by atoms with E-state index >= 15 is 0 Å². The molecule has 0 fully saturated rings. The molecule has 0 saturated carbocycles. The number of halogens is 6. The minimum Gasteiger partial charge on any atom is -0.481 e. The molecule has 1 atom stereocenters. The summed E-state index contributed by atoms with van der Waals surface area (Å²) in [4.78, 5) is 10.0. The summed E-state index contributed by atoms with van der Waals surface area (Å²) in [6, 6.07) is 0. The van der Waals surface area contributed by atoms with E-state index in [-0.39, 0.29) is 0 Å². The Bertz CT molecular complexity index is 203. The first kappa shape index (κ1) is 13.0. The Balaban J connectivity index is 5.03. The number of carbonyl (C=O) groups is 1. The van der Waals surface area contributed by atoms with Crippen LogP contribution in [0.2, 0.25) is 0 Å². The van der Waals surface area contributed by atoms with Crippen LogP contribution in [0.4, 0.5) is 26.3 Å². The Labute approximate surface area is 74.5 Å². The van der Waals surface area contributed by atoms with Crippen molar-refractivity contribution in [2.45, 2.75) is 19.3 Å². The maximum Gasteiger partial charge on any atom is 0.401 e. The zero-order valence-electron chi connectivity index (χ0n) is 6.78. The summed E-state index contributed by atoms with van der Waals surface area (Å²) in [5.41, 5.74) is 0. The number of hydrogen-bond donors (Lipinski definition) is 1. The Morgan fingerprint density at radius 3 is 1.43 bits per heavy atom. The molecule has 0 heterocycles. The molecule has 14 heavy (non-hydrogen) atoms. The highest BCUT2D eigenvalue weighted by Gasteiger charge is 2.60. The van der Waals surface area contributed by atoms with Crippen LogP contribution in [-0.2, 0) is 4.79 Å². The van der Waals surface area contributed by atoms with Gasteiger partial charge >= 0.3 is 18.3 Å². The zero-order chi connectivity index (χ0) is 11.7. The van der Waals surface area contributed by atoms with E-state index in [0.717, 1.165) is 0 Å². The quantitative estimate of drug-likeness (QED) is 0.731. The lowest BCUT2D eigenvalue weighted by molar-refractivity contribution is -0.296. The van der Waals surface area contributed by atoms with Gasteiger partial charge in [0.25, 0.3) is 0 Å². The summed E-state index contributed by atoms with van der Waals surface area (Å²) < 4.78 is 71.1. The van der Waals surface area contributed by atoms with Crippen LogP contribution in [-0.4, -0.2) is 23.4 Å². The minimum atomic E-state index is -5.60. The predicted molar refractivity (Wildman–Crippen MR) is 32.4 cm³/mol. The highest BCUT2D eigenvalue weighted by Crippen LogP contribution is 2.43. The average molecular weight is 224 g/mol. The average Bonchev–Trinajstić information content (AvgIpc) is 1.79. The van der Waals surface area contributed by atoms with Gasteiger partial charge in [-0.25, -0.2) is 0 Å². The van der Waals surface area contributed by atoms with Crippen LogP contribution in [0.1, 0.15) is 6.92 Å². The fourth-order valence-electron chi connectivity index (χ4n) is 0.895. The molecule has 0 radical (unpaired) electrons. The van der Waals surface area contributed by atoms with Crippen LogP contribution < -0.4 is 0 Å². The molecule has 0 aliphatic heterocycles. The molecule has 2 nitrogen and oxygen atoms in total. The van der Waals surface area contributed by atoms with E-state index in [9.17, 15) is 31.1 Å². The molecule has 0 rings (SSSR count). The van der Waals surface area contributed by atoms with E-state index in [1.54, 1.807) is 0 Å². The van der Waals surface area contributed by atoms with Gasteiger partial charge in [0.05, 0.1) is 5.92 Å². The molecule has 0 bridgehead atoms. The molecule has 0 aromatic rings. The monoisotopic (exact) mass is 224 g/mol. The second kappa shape index (κ2) is 3.66. The van der Waals surface area contributed by atoms with E-state index in [1.807, 2.05) is 0 Å². The molecule has 84 valence electrons. The summed E-state index contributed by atoms with van der Waals surface area (Å²) in [5, 5.41) is 8.08. The molecular weight excluding hydrogens is 218 g/mol. The van der Waals surface area contributed by atoms with Crippen molar-refractivity contribution in [3.8, 4) is 0 Å². The SMILES string of the molecule is CC(C(=O)O)C(C(F)(F)F)C(F)(F)F. The van der Waals surface area contributed by atoms with Gasteiger partial charge in [0, 0.05) is 0 Å². The van der Waals surface area contributed by atoms with Gasteiger partial charge < -0.3 is 5.11 Å². The molecule has 1 N–H and O–H groups in total. The van der Waals surface area contributed by atoms with Crippen LogP contribution in [0.15, 0.2) is 0 Å². The van der Waals surface area contributed by atoms with Crippen molar-refractivity contribution in [2.75, 3.05) is 0 Å². The second-order valence-corrected chi connectivity index (χ2v) is 2.69. The molecule has 0 aliphatic carbocycles. The number of rotatable bonds is 2. The van der Waals surface area contributed by atoms with Gasteiger partial charge in [-0.15, -0.1) is 0 Å². The number of aliphatic carboxylic acids is 1. The summed E-state index contributed by atoms with van der Waals surface area (Å²) in [6.07, 6.45) is -11.2. The molecule has 1 unspecified atom stereocenters. The molecule has 0 saturated heterocycles. The third kappa shape index (κ3) is 3.08. The lowest BCUT2D eigenvalue weighted by atomic mass is 9.93. The Hall–Kier alpha value is -0.950. The van der Waals surface area contributed by atoms with Gasteiger partial charge in [0.15, 0.2) is 5.92 Å². The van der Waals surface area contributed by atoms with Crippen LogP contribution >= 0.6 is 0 Å². The fourth-order valence-corrected chi connectivity index (χ4v) is 0.895. The van der Waals surface area contributed by atoms with Crippen molar-refractivity contribution < 1.29 is 36.2 Å². The van der Waals surface area contributed by atoms with E-state index in [2.05, 4.69) is 0 Å². The predicted octanol–water partition coefficient (Wildman–Crippen LogP) is 2.45. The molecule has 0 aliphatic rings. The smallest absolute Gasteiger partial charge is 0.401 e. The normalized spacial score (nSPS) is 15.7. The summed E-state index contributed by atoms with van der Waals surface area (Å²) in [7, 11) is 0. The number of hydrogen-bond acceptors (Lipinski definition) is 1. The molecular formula is C6H6F6O2. The van der Waals surface area contributed by atoms with Crippen molar-refractivity contribution in [1.82, 2.24) is 0 Å². The number of alkyl halides is 6. The maximum atomic E-state index is 11.8. The van der Waals surface area contributed by atoms with Crippen molar-refractivity contribution in [1.29, 1.82) is 0 Å². The van der Waals surface area contributed by atoms with E-state index in [4.69, 9.17) is 5.11 Å². The van der Waals surface area contributed by atoms with Gasteiger partial charge in [-0.05, 0) is 0 Å². The van der Waals surface area contributed by atoms with Gasteiger partial charge in [-0.2, -0.15) is 26.3 Å². The van der Waals surface area contributed by atoms with Gasteiger partial charge in [0.2, 0.25) is 0 Å². The minimum absolute atomic E-state index is 0.369. The summed E-state index contributed by atoms with van der Waals surface area (Å²) in [6.45, 7) is 0.369. The number of carboxylic acid groups (broad SMARTS) is 1. The van der Waals surface area contributed by atoms with Gasteiger partial charge in [-0.3, -0.25) is 4.79 Å². The number of carboxylic acids is 1. The Kier molecular flexibility index (Phi) is 3.41. The van der Waals surface area contributed by atoms with Gasteiger partial charge in [-0.1, -0.05) is 6.92 Å². The summed E-state index contributed by atoms with van der Waals surface area (Å²) >= 11 is 0. The molecule has 0 amide bonds. The highest BCUT2D eigenvalue weighted by atomic mass is 19.4. The van der Waals surface area contributed by atoms with Gasteiger partial charge in [0.1, 0.15) is 0 Å². The van der Waals surface area contributed by atoms with Crippen molar-refractivity contribution in [3.05, 3.63) is 0 Å². The lowest BCUT2D eigenvalue weighted by Crippen LogP contribution is -2.43. The van der Waals surface area contributed by atoms with E-state index in [0.29, 0.717) is 6.92 Å². The molecule has 8 heteroatoms. The first-order valence-corrected chi connectivity index (χ1v) is 3.34. The van der Waals surface area contributed by atoms with Crippen LogP contribution in [0, 0.1) is 11.8 Å². The van der Waals surface area contributed by atoms with Crippen molar-refractivity contribution in [3.63, 3.8) is 0 Å². The Morgan fingerprint density at radius 1 is 1.07 bits per heavy atom. The molecule has 0 aromatic carbocycles. The zero-order valence-corrected chi connectivity index (χ0v) is 6.78. The largest absolute Gasteiger partial charge is 0.481 e. The summed E-state index contributed by atoms with van der Waals surface area (Å²) in [5.74, 6) is -8.51. The van der Waals surface area contributed by atoms with Crippen LogP contribution in [0.25, 0.3) is 0 Å². The van der Waals surface area contributed by atoms with E-state index in [1.165, 1.54) is 0 Å². The molecule has 0 aromatic heterocycles. The molecule has 0 spiro atoms. The third-order valence-electron chi connectivity index (χ3n) is 1.59. The Morgan fingerprint density at radius 2 is 1.36 bits per heavy atom. The first-order chi connectivity index (χ1) is 5.98. The van der Waals surface area contributed by atoms with Crippen molar-refractivity contribution in [2.24, 2.45) is 11.8 Å². The third-order valence-corrected chi connectivity index (χ3v) is 1.59. The first-order valence-electron chi connectivity index (χ1n) is 3.34. The topological polar surface area (TPSA) is 37.3 Å². The standard InChI is InChI=1S/C6H6F6O2/c1-2(4(13)14)3(5(7,8)9)6(10,11)12/h2-3H,1H3,(H,13,14). The second-order valence-electron chi connectivity index (χ2n) is 2.69. The van der Waals surface area contributed by atoms with Crippen molar-refractivity contribution >= 4 is 5.97 Å². The van der Waals surface area contributed by atoms with E-state index < -0.39 is 30.2 Å². The highest BCUT2D eigenvalue weighted by molar-refractivity contribution is 5.70. The van der Waals surface area contributed by atoms with Crippen LogP contribution in [0.5, 0.6) is 0 Å². The fraction of sp³-hybridized carbons (Fsp3) is 0.833. The van der Waals surface area contributed by atoms with Crippen LogP contribution in [0.3, 0.4) is 0 Å². The lowest BCUT2D eigenvalue weighted by Gasteiger charge is -2.25. The maximum absolute atomic E-state index is 11.8.